The highest BCUT2D eigenvalue weighted by Gasteiger charge is 2.55. The average Bonchev–Trinajstić information content (AvgIpc) is 3.21. The van der Waals surface area contributed by atoms with Crippen molar-refractivity contribution in [2.45, 2.75) is 75.0 Å². The van der Waals surface area contributed by atoms with E-state index in [-0.39, 0.29) is 24.3 Å². The van der Waals surface area contributed by atoms with Crippen molar-refractivity contribution < 1.29 is 19.8 Å². The molecule has 0 aromatic carbocycles. The van der Waals surface area contributed by atoms with E-state index in [1.807, 2.05) is 12.1 Å². The summed E-state index contributed by atoms with van der Waals surface area (Å²) in [6, 6.07) is 3.95. The number of carbonyl (C=O) groups excluding carboxylic acids is 1. The van der Waals surface area contributed by atoms with Gasteiger partial charge >= 0.3 is 5.97 Å². The van der Waals surface area contributed by atoms with E-state index in [1.54, 1.807) is 11.8 Å². The van der Waals surface area contributed by atoms with Gasteiger partial charge in [-0.25, -0.2) is 4.98 Å². The first-order valence-electron chi connectivity index (χ1n) is 12.5. The van der Waals surface area contributed by atoms with Crippen molar-refractivity contribution in [2.75, 3.05) is 23.7 Å². The molecule has 0 spiro atoms. The SMILES string of the molecule is CCCSc1nc(N2CC[C@@H](CC(=O)O)C2)ccc1C(=O)N[C@H]1C2CC3CC1C[C@](O)(C3)C2. The third-order valence-electron chi connectivity index (χ3n) is 8.14. The summed E-state index contributed by atoms with van der Waals surface area (Å²) >= 11 is 1.62. The van der Waals surface area contributed by atoms with Gasteiger partial charge in [0, 0.05) is 25.6 Å². The smallest absolute Gasteiger partial charge is 0.303 e. The molecule has 2 heterocycles. The summed E-state index contributed by atoms with van der Waals surface area (Å²) in [6.45, 7) is 3.61. The number of aliphatic hydroxyl groups is 1. The van der Waals surface area contributed by atoms with Crippen molar-refractivity contribution in [3.8, 4) is 0 Å². The first-order valence-corrected chi connectivity index (χ1v) is 13.5. The number of aliphatic carboxylic acids is 1. The summed E-state index contributed by atoms with van der Waals surface area (Å²) in [6.07, 6.45) is 6.83. The fourth-order valence-electron chi connectivity index (χ4n) is 6.99. The molecule has 5 aliphatic rings. The maximum atomic E-state index is 13.4. The molecule has 1 saturated heterocycles. The summed E-state index contributed by atoms with van der Waals surface area (Å²) < 4.78 is 0. The Balaban J connectivity index is 1.31. The van der Waals surface area contributed by atoms with Crippen molar-refractivity contribution in [1.82, 2.24) is 10.3 Å². The quantitative estimate of drug-likeness (QED) is 0.496. The molecule has 4 saturated carbocycles. The highest BCUT2D eigenvalue weighted by molar-refractivity contribution is 7.99. The first kappa shape index (κ1) is 23.0. The maximum absolute atomic E-state index is 13.4. The minimum Gasteiger partial charge on any atom is -0.481 e. The van der Waals surface area contributed by atoms with E-state index in [1.165, 1.54) is 0 Å². The highest BCUT2D eigenvalue weighted by atomic mass is 32.2. The number of nitrogens with zero attached hydrogens (tertiary/aromatic N) is 2. The van der Waals surface area contributed by atoms with Crippen molar-refractivity contribution in [2.24, 2.45) is 23.7 Å². The number of aromatic nitrogens is 1. The van der Waals surface area contributed by atoms with Crippen LogP contribution in [0, 0.1) is 23.7 Å². The number of carboxylic acids is 1. The normalized spacial score (nSPS) is 34.6. The van der Waals surface area contributed by atoms with Gasteiger partial charge in [0.05, 0.1) is 11.2 Å². The van der Waals surface area contributed by atoms with Crippen molar-refractivity contribution in [1.29, 1.82) is 0 Å². The van der Waals surface area contributed by atoms with Crippen molar-refractivity contribution in [3.63, 3.8) is 0 Å². The minimum atomic E-state index is -0.752. The Labute approximate surface area is 199 Å². The van der Waals surface area contributed by atoms with E-state index in [2.05, 4.69) is 17.1 Å². The van der Waals surface area contributed by atoms with Gasteiger partial charge in [-0.1, -0.05) is 6.92 Å². The van der Waals surface area contributed by atoms with Crippen LogP contribution in [-0.2, 0) is 4.79 Å². The lowest BCUT2D eigenvalue weighted by Crippen LogP contribution is -2.61. The zero-order valence-corrected chi connectivity index (χ0v) is 20.1. The highest BCUT2D eigenvalue weighted by Crippen LogP contribution is 2.55. The zero-order valence-electron chi connectivity index (χ0n) is 19.3. The lowest BCUT2D eigenvalue weighted by Gasteiger charge is -2.58. The van der Waals surface area contributed by atoms with E-state index in [0.29, 0.717) is 29.9 Å². The lowest BCUT2D eigenvalue weighted by atomic mass is 9.52. The lowest BCUT2D eigenvalue weighted by molar-refractivity contribution is -0.138. The molecule has 1 aromatic heterocycles. The molecule has 4 aliphatic carbocycles. The van der Waals surface area contributed by atoms with E-state index < -0.39 is 11.6 Å². The number of amides is 1. The fraction of sp³-hybridized carbons (Fsp3) is 0.720. The number of anilines is 1. The van der Waals surface area contributed by atoms with Crippen LogP contribution in [0.5, 0.6) is 0 Å². The predicted octanol–water partition coefficient (Wildman–Crippen LogP) is 3.55. The second-order valence-electron chi connectivity index (χ2n) is 10.8. The zero-order chi connectivity index (χ0) is 23.2. The van der Waals surface area contributed by atoms with Gasteiger partial charge in [0.15, 0.2) is 0 Å². The Morgan fingerprint density at radius 1 is 1.24 bits per heavy atom. The summed E-state index contributed by atoms with van der Waals surface area (Å²) in [4.78, 5) is 31.5. The van der Waals surface area contributed by atoms with Crippen LogP contribution in [-0.4, -0.2) is 57.6 Å². The average molecular weight is 474 g/mol. The van der Waals surface area contributed by atoms with Crippen LogP contribution in [0.25, 0.3) is 0 Å². The van der Waals surface area contributed by atoms with E-state index in [9.17, 15) is 14.7 Å². The summed E-state index contributed by atoms with van der Waals surface area (Å²) in [5, 5.41) is 24.1. The van der Waals surface area contributed by atoms with Crippen LogP contribution in [0.2, 0.25) is 0 Å². The number of nitrogens with one attached hydrogen (secondary N) is 1. The molecule has 7 nitrogen and oxygen atoms in total. The number of hydrogen-bond acceptors (Lipinski definition) is 6. The largest absolute Gasteiger partial charge is 0.481 e. The topological polar surface area (TPSA) is 103 Å². The summed E-state index contributed by atoms with van der Waals surface area (Å²) in [7, 11) is 0. The number of rotatable bonds is 8. The molecule has 5 fully saturated rings. The molecule has 3 atom stereocenters. The summed E-state index contributed by atoms with van der Waals surface area (Å²) in [5.41, 5.74) is 0.128. The molecular weight excluding hydrogens is 438 g/mol. The van der Waals surface area contributed by atoms with Gasteiger partial charge in [0.25, 0.3) is 5.91 Å². The van der Waals surface area contributed by atoms with Crippen LogP contribution in [0.4, 0.5) is 5.82 Å². The monoisotopic (exact) mass is 473 g/mol. The van der Waals surface area contributed by atoms with Gasteiger partial charge < -0.3 is 20.4 Å². The number of pyridine rings is 1. The molecule has 0 radical (unpaired) electrons. The van der Waals surface area contributed by atoms with Crippen molar-refractivity contribution >= 4 is 29.5 Å². The van der Waals surface area contributed by atoms with Gasteiger partial charge in [-0.15, -0.1) is 11.8 Å². The number of carbonyl (C=O) groups is 2. The maximum Gasteiger partial charge on any atom is 0.303 e. The molecule has 1 amide bonds. The fourth-order valence-corrected chi connectivity index (χ4v) is 7.86. The van der Waals surface area contributed by atoms with Crippen LogP contribution in [0.1, 0.15) is 68.6 Å². The van der Waals surface area contributed by atoms with E-state index >= 15 is 0 Å². The van der Waals surface area contributed by atoms with Crippen LogP contribution in [0.3, 0.4) is 0 Å². The Bertz CT molecular complexity index is 909. The van der Waals surface area contributed by atoms with Gasteiger partial charge in [0.2, 0.25) is 0 Å². The van der Waals surface area contributed by atoms with Gasteiger partial charge in [-0.05, 0) is 86.5 Å². The Morgan fingerprint density at radius 2 is 2.00 bits per heavy atom. The van der Waals surface area contributed by atoms with Gasteiger partial charge in [0.1, 0.15) is 10.8 Å². The number of hydrogen-bond donors (Lipinski definition) is 3. The Kier molecular flexibility index (Phi) is 6.33. The molecule has 180 valence electrons. The van der Waals surface area contributed by atoms with Crippen molar-refractivity contribution in [3.05, 3.63) is 17.7 Å². The molecular formula is C25H35N3O4S. The van der Waals surface area contributed by atoms with Crippen LogP contribution < -0.4 is 10.2 Å². The van der Waals surface area contributed by atoms with Crippen LogP contribution in [0.15, 0.2) is 17.2 Å². The third kappa shape index (κ3) is 4.74. The predicted molar refractivity (Wildman–Crippen MR) is 128 cm³/mol. The second kappa shape index (κ2) is 9.10. The molecule has 4 bridgehead atoms. The number of carboxylic acid groups (broad SMARTS) is 1. The molecule has 3 N–H and O–H groups in total. The minimum absolute atomic E-state index is 0.0534. The second-order valence-corrected chi connectivity index (χ2v) is 11.8. The van der Waals surface area contributed by atoms with Gasteiger partial charge in [-0.2, -0.15) is 0 Å². The van der Waals surface area contributed by atoms with Crippen LogP contribution >= 0.6 is 11.8 Å². The van der Waals surface area contributed by atoms with Gasteiger partial charge in [-0.3, -0.25) is 9.59 Å². The number of thioether (sulfide) groups is 1. The standard InChI is InChI=1S/C25H35N3O4S/c1-2-7-33-24-19(3-4-20(26-24)28-6-5-15(14-28)10-21(29)30)23(31)27-22-17-8-16-9-18(22)13-25(32,11-16)12-17/h3-4,15-18,22,32H,2,5-14H2,1H3,(H,27,31)(H,29,30)/t15-,16?,17?,18?,22-,25-/m0/s1. The third-order valence-corrected chi connectivity index (χ3v) is 9.34. The summed E-state index contributed by atoms with van der Waals surface area (Å²) in [5.74, 6) is 2.42. The molecule has 6 rings (SSSR count). The molecule has 1 aliphatic heterocycles. The molecule has 33 heavy (non-hydrogen) atoms. The molecule has 8 heteroatoms. The molecule has 2 unspecified atom stereocenters. The van der Waals surface area contributed by atoms with E-state index in [4.69, 9.17) is 10.1 Å². The first-order chi connectivity index (χ1) is 15.8. The Morgan fingerprint density at radius 3 is 2.67 bits per heavy atom. The molecule has 1 aromatic rings. The van der Waals surface area contributed by atoms with E-state index in [0.717, 1.165) is 68.1 Å². The Hall–Kier alpha value is -1.80.